The van der Waals surface area contributed by atoms with E-state index in [1.807, 2.05) is 39.0 Å². The van der Waals surface area contributed by atoms with Crippen molar-refractivity contribution in [3.05, 3.63) is 77.4 Å². The molecule has 4 rings (SSSR count). The Kier molecular flexibility index (Phi) is 9.29. The van der Waals surface area contributed by atoms with Crippen molar-refractivity contribution in [1.29, 1.82) is 0 Å². The highest BCUT2D eigenvalue weighted by atomic mass is 16.8. The number of rotatable bonds is 5. The van der Waals surface area contributed by atoms with Gasteiger partial charge in [-0.15, -0.1) is 0 Å². The second-order valence-electron chi connectivity index (χ2n) is 10.3. The Hall–Kier alpha value is -3.66. The Morgan fingerprint density at radius 2 is 1.85 bits per heavy atom. The van der Waals surface area contributed by atoms with Crippen LogP contribution in [-0.4, -0.2) is 61.2 Å². The van der Waals surface area contributed by atoms with Crippen molar-refractivity contribution in [2.75, 3.05) is 13.9 Å². The number of aromatic hydroxyl groups is 1. The normalized spacial score (nSPS) is 27.8. The number of cyclic esters (lactones) is 1. The summed E-state index contributed by atoms with van der Waals surface area (Å²) in [6.07, 6.45) is 5.08. The van der Waals surface area contributed by atoms with E-state index < -0.39 is 42.1 Å². The third-order valence-corrected chi connectivity index (χ3v) is 6.76. The molecule has 0 radical (unpaired) electrons. The Balaban J connectivity index is 1.73. The predicted molar refractivity (Wildman–Crippen MR) is 147 cm³/mol. The number of carbonyl (C=O) groups is 2. The van der Waals surface area contributed by atoms with Crippen LogP contribution in [0.4, 0.5) is 0 Å². The Bertz CT molecular complexity index is 1250. The van der Waals surface area contributed by atoms with Gasteiger partial charge in [-0.25, -0.2) is 9.59 Å². The summed E-state index contributed by atoms with van der Waals surface area (Å²) in [6, 6.07) is 11.6. The first-order valence-electron chi connectivity index (χ1n) is 13.2. The van der Waals surface area contributed by atoms with Gasteiger partial charge in [-0.1, -0.05) is 43.4 Å². The number of hydrogen-bond acceptors (Lipinski definition) is 9. The van der Waals surface area contributed by atoms with Crippen LogP contribution < -0.4 is 4.74 Å². The van der Waals surface area contributed by atoms with Crippen LogP contribution >= 0.6 is 0 Å². The molecule has 2 aliphatic heterocycles. The number of carbonyl (C=O) groups excluding carboxylic acids is 2. The number of ether oxygens (including phenoxy) is 6. The maximum atomic E-state index is 13.4. The third kappa shape index (κ3) is 7.10. The molecule has 0 aliphatic carbocycles. The number of hydrogen-bond donors (Lipinski definition) is 1. The maximum absolute atomic E-state index is 13.4. The summed E-state index contributed by atoms with van der Waals surface area (Å²) < 4.78 is 34.8. The Morgan fingerprint density at radius 1 is 1.10 bits per heavy atom. The first kappa shape index (κ1) is 29.3. The molecule has 40 heavy (non-hydrogen) atoms. The first-order chi connectivity index (χ1) is 19.1. The van der Waals surface area contributed by atoms with E-state index >= 15 is 0 Å². The summed E-state index contributed by atoms with van der Waals surface area (Å²) in [7, 11) is 1.46. The summed E-state index contributed by atoms with van der Waals surface area (Å²) in [6.45, 7) is 7.16. The molecular formula is C31H36O9. The molecule has 2 aromatic carbocycles. The van der Waals surface area contributed by atoms with Crippen LogP contribution in [0.25, 0.3) is 6.08 Å². The average Bonchev–Trinajstić information content (AvgIpc) is 3.22. The molecule has 1 N–H and O–H groups in total. The predicted octanol–water partition coefficient (Wildman–Crippen LogP) is 5.28. The molecule has 0 aromatic heterocycles. The van der Waals surface area contributed by atoms with Crippen molar-refractivity contribution >= 4 is 18.0 Å². The second kappa shape index (κ2) is 12.7. The van der Waals surface area contributed by atoms with Crippen LogP contribution in [0, 0.1) is 5.92 Å². The van der Waals surface area contributed by atoms with Crippen molar-refractivity contribution in [3.8, 4) is 11.5 Å². The lowest BCUT2D eigenvalue weighted by Crippen LogP contribution is -2.37. The molecule has 2 aromatic rings. The fourth-order valence-corrected chi connectivity index (χ4v) is 4.62. The molecule has 2 heterocycles. The zero-order valence-electron chi connectivity index (χ0n) is 23.4. The molecule has 9 heteroatoms. The topological polar surface area (TPSA) is 110 Å². The zero-order valence-corrected chi connectivity index (χ0v) is 23.4. The van der Waals surface area contributed by atoms with Gasteiger partial charge in [0.1, 0.15) is 35.4 Å². The van der Waals surface area contributed by atoms with Crippen molar-refractivity contribution in [2.24, 2.45) is 5.92 Å². The van der Waals surface area contributed by atoms with Crippen LogP contribution in [-0.2, 0) is 23.7 Å². The molecule has 0 spiro atoms. The van der Waals surface area contributed by atoms with Crippen LogP contribution in [0.2, 0.25) is 0 Å². The van der Waals surface area contributed by atoms with E-state index in [9.17, 15) is 14.7 Å². The molecule has 0 bridgehead atoms. The van der Waals surface area contributed by atoms with Crippen LogP contribution in [0.15, 0.2) is 60.7 Å². The van der Waals surface area contributed by atoms with Gasteiger partial charge in [-0.2, -0.15) is 0 Å². The fraction of sp³-hybridized carbons (Fsp3) is 0.419. The maximum Gasteiger partial charge on any atom is 0.342 e. The monoisotopic (exact) mass is 552 g/mol. The van der Waals surface area contributed by atoms with Crippen molar-refractivity contribution < 1.29 is 43.1 Å². The van der Waals surface area contributed by atoms with E-state index in [1.165, 1.54) is 19.2 Å². The minimum atomic E-state index is -0.919. The van der Waals surface area contributed by atoms with Gasteiger partial charge in [-0.3, -0.25) is 0 Å². The minimum Gasteiger partial charge on any atom is -0.508 e. The molecule has 5 atom stereocenters. The van der Waals surface area contributed by atoms with E-state index in [1.54, 1.807) is 43.3 Å². The summed E-state index contributed by atoms with van der Waals surface area (Å²) >= 11 is 0. The molecule has 214 valence electrons. The average molecular weight is 553 g/mol. The lowest BCUT2D eigenvalue weighted by atomic mass is 9.98. The van der Waals surface area contributed by atoms with E-state index in [4.69, 9.17) is 28.4 Å². The SMILES string of the molecule is COCOc1cc(O)cc2c1C(=O)O[C@@H](C)[C@H](C)/C=C\C(OC(=O)c1ccccc1)C1OC(C)(C)O[C@H]1C/C=C/2. The van der Waals surface area contributed by atoms with Gasteiger partial charge in [0.15, 0.2) is 12.6 Å². The molecule has 9 nitrogen and oxygen atoms in total. The van der Waals surface area contributed by atoms with Gasteiger partial charge in [0.05, 0.1) is 11.7 Å². The Labute approximate surface area is 234 Å². The van der Waals surface area contributed by atoms with E-state index in [2.05, 4.69) is 0 Å². The van der Waals surface area contributed by atoms with Gasteiger partial charge < -0.3 is 33.5 Å². The standard InChI is InChI=1S/C31H36O9/c1-19-14-15-24(38-29(33)21-10-7-6-8-11-21)28-25(39-31(3,4)40-28)13-9-12-22-16-23(32)17-26(36-18-35-5)27(22)30(34)37-20(19)2/h6-12,14-17,19-20,24-25,28,32H,13,18H2,1-5H3/b12-9+,15-14-/t19-,20+,24?,25+,28?/m1/s1. The first-order valence-corrected chi connectivity index (χ1v) is 13.2. The van der Waals surface area contributed by atoms with Gasteiger partial charge in [0.2, 0.25) is 0 Å². The summed E-state index contributed by atoms with van der Waals surface area (Å²) in [5.74, 6) is -2.21. The van der Waals surface area contributed by atoms with Crippen LogP contribution in [0.3, 0.4) is 0 Å². The molecule has 2 unspecified atom stereocenters. The lowest BCUT2D eigenvalue weighted by molar-refractivity contribution is -0.152. The summed E-state index contributed by atoms with van der Waals surface area (Å²) in [4.78, 5) is 26.4. The van der Waals surface area contributed by atoms with E-state index in [-0.39, 0.29) is 29.8 Å². The number of methoxy groups -OCH3 is 1. The van der Waals surface area contributed by atoms with Gasteiger partial charge in [-0.05, 0) is 57.0 Å². The summed E-state index contributed by atoms with van der Waals surface area (Å²) in [5, 5.41) is 10.3. The zero-order chi connectivity index (χ0) is 28.9. The van der Waals surface area contributed by atoms with Crippen molar-refractivity contribution in [1.82, 2.24) is 0 Å². The number of phenolic OH excluding ortho intramolecular Hbond substituents is 1. The molecule has 1 saturated heterocycles. The lowest BCUT2D eigenvalue weighted by Gasteiger charge is -2.25. The van der Waals surface area contributed by atoms with Gasteiger partial charge >= 0.3 is 11.9 Å². The van der Waals surface area contributed by atoms with Crippen LogP contribution in [0.5, 0.6) is 11.5 Å². The highest BCUT2D eigenvalue weighted by molar-refractivity contribution is 5.97. The number of fused-ring (bicyclic) bond motifs is 2. The van der Waals surface area contributed by atoms with E-state index in [0.29, 0.717) is 17.5 Å². The molecule has 1 fully saturated rings. The van der Waals surface area contributed by atoms with Gasteiger partial charge in [0, 0.05) is 19.1 Å². The number of phenols is 1. The molecule has 0 saturated carbocycles. The number of esters is 2. The van der Waals surface area contributed by atoms with E-state index in [0.717, 1.165) is 0 Å². The van der Waals surface area contributed by atoms with Crippen molar-refractivity contribution in [2.45, 2.75) is 64.3 Å². The van der Waals surface area contributed by atoms with Gasteiger partial charge in [0.25, 0.3) is 0 Å². The second-order valence-corrected chi connectivity index (χ2v) is 10.3. The molecule has 0 amide bonds. The Morgan fingerprint density at radius 3 is 2.58 bits per heavy atom. The van der Waals surface area contributed by atoms with Crippen LogP contribution in [0.1, 0.15) is 60.4 Å². The molecular weight excluding hydrogens is 516 g/mol. The highest BCUT2D eigenvalue weighted by Crippen LogP contribution is 2.35. The fourth-order valence-electron chi connectivity index (χ4n) is 4.62. The molecule has 2 aliphatic rings. The third-order valence-electron chi connectivity index (χ3n) is 6.76. The summed E-state index contributed by atoms with van der Waals surface area (Å²) in [5.41, 5.74) is 0.995. The highest BCUT2D eigenvalue weighted by Gasteiger charge is 2.45. The number of benzene rings is 2. The smallest absolute Gasteiger partial charge is 0.342 e. The minimum absolute atomic E-state index is 0.0832. The largest absolute Gasteiger partial charge is 0.508 e. The quantitative estimate of drug-likeness (QED) is 0.301. The van der Waals surface area contributed by atoms with Crippen molar-refractivity contribution in [3.63, 3.8) is 0 Å².